The zero-order valence-corrected chi connectivity index (χ0v) is 21.5. The number of nitrogens with one attached hydrogen (secondary N) is 2. The average molecular weight is 537 g/mol. The maximum absolute atomic E-state index is 12.2. The Morgan fingerprint density at radius 2 is 1.03 bits per heavy atom. The Balaban J connectivity index is 1.78. The van der Waals surface area contributed by atoms with Crippen LogP contribution in [0.1, 0.15) is 0 Å². The molecule has 2 aromatic rings. The van der Waals surface area contributed by atoms with Crippen LogP contribution in [0.25, 0.3) is 0 Å². The third kappa shape index (κ3) is 10.9. The predicted molar refractivity (Wildman–Crippen MR) is 137 cm³/mol. The molecular weight excluding hydrogens is 508 g/mol. The van der Waals surface area contributed by atoms with Gasteiger partial charge in [0.1, 0.15) is 23.6 Å². The maximum atomic E-state index is 12.2. The van der Waals surface area contributed by atoms with Crippen molar-refractivity contribution in [2.24, 2.45) is 0 Å². The van der Waals surface area contributed by atoms with E-state index in [4.69, 9.17) is 18.9 Å². The number of rotatable bonds is 15. The van der Waals surface area contributed by atoms with Crippen LogP contribution in [0, 0.1) is 0 Å². The van der Waals surface area contributed by atoms with Crippen molar-refractivity contribution < 1.29 is 38.1 Å². The summed E-state index contributed by atoms with van der Waals surface area (Å²) >= 11 is 0. The van der Waals surface area contributed by atoms with Crippen molar-refractivity contribution in [1.82, 2.24) is 10.6 Å². The molecule has 194 valence electrons. The molecule has 2 atom stereocenters. The van der Waals surface area contributed by atoms with Crippen molar-refractivity contribution in [1.29, 1.82) is 0 Å². The minimum absolute atomic E-state index is 0.160. The lowest BCUT2D eigenvalue weighted by Gasteiger charge is -2.18. The molecule has 0 aliphatic rings. The van der Waals surface area contributed by atoms with Gasteiger partial charge in [0.2, 0.25) is 0 Å². The average Bonchev–Trinajstić information content (AvgIpc) is 2.91. The molecule has 0 bridgehead atoms. The first-order chi connectivity index (χ1) is 17.4. The molecule has 2 N–H and O–H groups in total. The minimum Gasteiger partial charge on any atom is -0.484 e. The normalized spacial score (nSPS) is 11.9. The van der Waals surface area contributed by atoms with Gasteiger partial charge in [0.05, 0.1) is 14.2 Å². The van der Waals surface area contributed by atoms with Gasteiger partial charge in [-0.15, -0.1) is 0 Å². The Labute approximate surface area is 217 Å². The third-order valence-corrected chi connectivity index (χ3v) is 6.84. The van der Waals surface area contributed by atoms with E-state index in [9.17, 15) is 19.2 Å². The van der Waals surface area contributed by atoms with Crippen LogP contribution in [0.4, 0.5) is 0 Å². The van der Waals surface area contributed by atoms with E-state index in [-0.39, 0.29) is 24.7 Å². The van der Waals surface area contributed by atoms with E-state index in [0.29, 0.717) is 11.5 Å². The molecule has 2 aromatic carbocycles. The van der Waals surface area contributed by atoms with Crippen LogP contribution >= 0.6 is 21.6 Å². The standard InChI is InChI=1S/C24H28N2O8S2/c1-31-23(29)19(25-21(27)13-33-17-9-5-3-6-10-17)15-35-36-16-20(24(30)32-2)26-22(28)14-34-18-11-7-4-8-12-18/h3-12,19-20H,13-16H2,1-2H3,(H,25,27)(H,26,28)/t19-,20-/m0/s1. The summed E-state index contributed by atoms with van der Waals surface area (Å²) in [6.07, 6.45) is 0. The first-order valence-corrected chi connectivity index (χ1v) is 13.3. The highest BCUT2D eigenvalue weighted by Crippen LogP contribution is 2.23. The summed E-state index contributed by atoms with van der Waals surface area (Å²) in [5.41, 5.74) is 0. The molecule has 0 radical (unpaired) electrons. The van der Waals surface area contributed by atoms with Crippen molar-refractivity contribution in [2.75, 3.05) is 38.9 Å². The van der Waals surface area contributed by atoms with Gasteiger partial charge in [0.15, 0.2) is 13.2 Å². The molecule has 36 heavy (non-hydrogen) atoms. The molecule has 0 aromatic heterocycles. The highest BCUT2D eigenvalue weighted by molar-refractivity contribution is 8.76. The summed E-state index contributed by atoms with van der Waals surface area (Å²) in [7, 11) is 4.89. The maximum Gasteiger partial charge on any atom is 0.329 e. The fraction of sp³-hybridized carbons (Fsp3) is 0.333. The van der Waals surface area contributed by atoms with E-state index in [2.05, 4.69) is 10.6 Å². The van der Waals surface area contributed by atoms with Gasteiger partial charge in [-0.2, -0.15) is 0 Å². The van der Waals surface area contributed by atoms with Gasteiger partial charge in [-0.05, 0) is 24.3 Å². The Morgan fingerprint density at radius 1 is 0.667 bits per heavy atom. The van der Waals surface area contributed by atoms with E-state index >= 15 is 0 Å². The predicted octanol–water partition coefficient (Wildman–Crippen LogP) is 1.84. The van der Waals surface area contributed by atoms with Gasteiger partial charge in [-0.25, -0.2) is 9.59 Å². The van der Waals surface area contributed by atoms with Crippen LogP contribution in [-0.2, 0) is 28.7 Å². The van der Waals surface area contributed by atoms with Crippen LogP contribution in [0.15, 0.2) is 60.7 Å². The SMILES string of the molecule is COC(=O)[C@H](CSSC[C@H](NC(=O)COc1ccccc1)C(=O)OC)NC(=O)COc1ccccc1. The molecule has 0 aliphatic carbocycles. The van der Waals surface area contributed by atoms with Crippen LogP contribution < -0.4 is 20.1 Å². The second kappa shape index (κ2) is 16.3. The number of methoxy groups -OCH3 is 2. The lowest BCUT2D eigenvalue weighted by atomic mass is 10.3. The van der Waals surface area contributed by atoms with E-state index in [0.717, 1.165) is 0 Å². The van der Waals surface area contributed by atoms with E-state index in [1.54, 1.807) is 48.5 Å². The number of benzene rings is 2. The number of carbonyl (C=O) groups is 4. The van der Waals surface area contributed by atoms with Crippen LogP contribution in [-0.4, -0.2) is 74.8 Å². The second-order valence-corrected chi connectivity index (χ2v) is 9.61. The molecule has 12 heteroatoms. The van der Waals surface area contributed by atoms with Gasteiger partial charge < -0.3 is 29.6 Å². The number of para-hydroxylation sites is 2. The largest absolute Gasteiger partial charge is 0.484 e. The fourth-order valence-corrected chi connectivity index (χ4v) is 4.95. The molecule has 0 aliphatic heterocycles. The van der Waals surface area contributed by atoms with Gasteiger partial charge in [0, 0.05) is 11.5 Å². The van der Waals surface area contributed by atoms with Crippen molar-refractivity contribution in [3.8, 4) is 11.5 Å². The Hall–Kier alpha value is -3.38. The Morgan fingerprint density at radius 3 is 1.36 bits per heavy atom. The summed E-state index contributed by atoms with van der Waals surface area (Å²) in [5.74, 6) is -0.842. The van der Waals surface area contributed by atoms with Gasteiger partial charge >= 0.3 is 11.9 Å². The summed E-state index contributed by atoms with van der Waals surface area (Å²) in [6, 6.07) is 15.7. The first-order valence-electron chi connectivity index (χ1n) is 10.8. The highest BCUT2D eigenvalue weighted by atomic mass is 33.1. The topological polar surface area (TPSA) is 129 Å². The number of amides is 2. The minimum atomic E-state index is -0.926. The second-order valence-electron chi connectivity index (χ2n) is 7.06. The van der Waals surface area contributed by atoms with Crippen molar-refractivity contribution >= 4 is 45.3 Å². The van der Waals surface area contributed by atoms with Gasteiger partial charge in [-0.1, -0.05) is 58.0 Å². The molecule has 0 spiro atoms. The molecule has 0 unspecified atom stereocenters. The molecular formula is C24H28N2O8S2. The van der Waals surface area contributed by atoms with Gasteiger partial charge in [-0.3, -0.25) is 9.59 Å². The van der Waals surface area contributed by atoms with Crippen LogP contribution in [0.2, 0.25) is 0 Å². The number of hydrogen-bond donors (Lipinski definition) is 2. The lowest BCUT2D eigenvalue weighted by Crippen LogP contribution is -2.45. The van der Waals surface area contributed by atoms with Crippen LogP contribution in [0.5, 0.6) is 11.5 Å². The van der Waals surface area contributed by atoms with Gasteiger partial charge in [0.25, 0.3) is 11.8 Å². The van der Waals surface area contributed by atoms with E-state index in [1.165, 1.54) is 35.8 Å². The van der Waals surface area contributed by atoms with Crippen LogP contribution in [0.3, 0.4) is 0 Å². The molecule has 0 heterocycles. The molecule has 0 fully saturated rings. The molecule has 2 rings (SSSR count). The quantitative estimate of drug-likeness (QED) is 0.198. The van der Waals surface area contributed by atoms with E-state index < -0.39 is 35.8 Å². The zero-order chi connectivity index (χ0) is 26.2. The number of esters is 2. The monoisotopic (exact) mass is 536 g/mol. The molecule has 10 nitrogen and oxygen atoms in total. The highest BCUT2D eigenvalue weighted by Gasteiger charge is 2.25. The third-order valence-electron chi connectivity index (χ3n) is 4.42. The lowest BCUT2D eigenvalue weighted by molar-refractivity contribution is -0.144. The van der Waals surface area contributed by atoms with Crippen molar-refractivity contribution in [3.05, 3.63) is 60.7 Å². The Bertz CT molecular complexity index is 899. The zero-order valence-electron chi connectivity index (χ0n) is 19.8. The molecule has 2 amide bonds. The summed E-state index contributed by atoms with van der Waals surface area (Å²) in [6.45, 7) is -0.534. The number of hydrogen-bond acceptors (Lipinski definition) is 10. The fourth-order valence-electron chi connectivity index (χ4n) is 2.66. The van der Waals surface area contributed by atoms with E-state index in [1.807, 2.05) is 12.1 Å². The van der Waals surface area contributed by atoms with Crippen molar-refractivity contribution in [3.63, 3.8) is 0 Å². The number of ether oxygens (including phenoxy) is 4. The number of carbonyl (C=O) groups excluding carboxylic acids is 4. The van der Waals surface area contributed by atoms with Crippen molar-refractivity contribution in [2.45, 2.75) is 12.1 Å². The summed E-state index contributed by atoms with van der Waals surface area (Å²) in [5, 5.41) is 5.15. The first kappa shape index (κ1) is 28.9. The summed E-state index contributed by atoms with van der Waals surface area (Å²) in [4.78, 5) is 48.6. The molecule has 0 saturated carbocycles. The Kier molecular flexibility index (Phi) is 13.1. The molecule has 0 saturated heterocycles. The smallest absolute Gasteiger partial charge is 0.329 e. The summed E-state index contributed by atoms with van der Waals surface area (Å²) < 4.78 is 20.3.